The van der Waals surface area contributed by atoms with Crippen molar-refractivity contribution in [2.24, 2.45) is 7.05 Å². The maximum atomic E-state index is 12.5. The highest BCUT2D eigenvalue weighted by molar-refractivity contribution is 7.90. The molecule has 0 saturated heterocycles. The topological polar surface area (TPSA) is 81.1 Å². The molecule has 0 unspecified atom stereocenters. The summed E-state index contributed by atoms with van der Waals surface area (Å²) in [5.74, 6) is -0.0608. The van der Waals surface area contributed by atoms with Crippen LogP contribution in [0.1, 0.15) is 15.9 Å². The summed E-state index contributed by atoms with van der Waals surface area (Å²) in [4.78, 5) is 12.6. The Bertz CT molecular complexity index is 995. The number of nitrogens with zero attached hydrogens (tertiary/aromatic N) is 2. The lowest BCUT2D eigenvalue weighted by molar-refractivity contribution is 0.102. The van der Waals surface area contributed by atoms with Crippen molar-refractivity contribution in [3.8, 4) is 0 Å². The molecular formula is C18H17N3O3S. The molecule has 0 radical (unpaired) electrons. The lowest BCUT2D eigenvalue weighted by atomic mass is 10.1. The summed E-state index contributed by atoms with van der Waals surface area (Å²) in [6.07, 6.45) is 1.72. The summed E-state index contributed by atoms with van der Waals surface area (Å²) in [7, 11) is -1.70. The monoisotopic (exact) mass is 355 g/mol. The van der Waals surface area contributed by atoms with Crippen LogP contribution in [0.3, 0.4) is 0 Å². The minimum atomic E-state index is -3.46. The van der Waals surface area contributed by atoms with Crippen LogP contribution in [0.4, 0.5) is 5.82 Å². The summed E-state index contributed by atoms with van der Waals surface area (Å²) in [6, 6.07) is 16.5. The normalized spacial score (nSPS) is 11.2. The van der Waals surface area contributed by atoms with E-state index < -0.39 is 9.84 Å². The van der Waals surface area contributed by atoms with E-state index in [0.29, 0.717) is 16.9 Å². The van der Waals surface area contributed by atoms with Gasteiger partial charge < -0.3 is 5.32 Å². The van der Waals surface area contributed by atoms with Gasteiger partial charge in [-0.15, -0.1) is 0 Å². The molecule has 1 amide bonds. The van der Waals surface area contributed by atoms with Gasteiger partial charge in [0.05, 0.1) is 10.6 Å². The highest BCUT2D eigenvalue weighted by Crippen LogP contribution is 2.17. The van der Waals surface area contributed by atoms with Crippen molar-refractivity contribution < 1.29 is 13.2 Å². The van der Waals surface area contributed by atoms with Gasteiger partial charge >= 0.3 is 0 Å². The van der Waals surface area contributed by atoms with E-state index in [9.17, 15) is 13.2 Å². The first-order valence-electron chi connectivity index (χ1n) is 7.62. The van der Waals surface area contributed by atoms with Crippen LogP contribution in [0.5, 0.6) is 0 Å². The number of aryl methyl sites for hydroxylation is 1. The fraction of sp³-hybridized carbons (Fsp3) is 0.111. The average Bonchev–Trinajstić information content (AvgIpc) is 3.00. The average molecular weight is 355 g/mol. The van der Waals surface area contributed by atoms with Crippen molar-refractivity contribution in [3.05, 3.63) is 78.0 Å². The molecule has 3 rings (SSSR count). The predicted octanol–water partition coefficient (Wildman–Crippen LogP) is 2.65. The number of nitrogens with one attached hydrogen (secondary N) is 1. The third-order valence-electron chi connectivity index (χ3n) is 3.60. The highest BCUT2D eigenvalue weighted by atomic mass is 32.2. The third kappa shape index (κ3) is 4.13. The van der Waals surface area contributed by atoms with Gasteiger partial charge in [-0.25, -0.2) is 8.42 Å². The molecule has 6 nitrogen and oxygen atoms in total. The zero-order valence-electron chi connectivity index (χ0n) is 13.6. The number of sulfone groups is 1. The maximum Gasteiger partial charge on any atom is 0.256 e. The largest absolute Gasteiger partial charge is 0.305 e. The third-order valence-corrected chi connectivity index (χ3v) is 5.31. The van der Waals surface area contributed by atoms with E-state index in [-0.39, 0.29) is 16.6 Å². The van der Waals surface area contributed by atoms with Gasteiger partial charge in [-0.3, -0.25) is 9.48 Å². The van der Waals surface area contributed by atoms with Crippen molar-refractivity contribution >= 4 is 21.6 Å². The minimum Gasteiger partial charge on any atom is -0.305 e. The number of hydrogen-bond donors (Lipinski definition) is 1. The van der Waals surface area contributed by atoms with E-state index >= 15 is 0 Å². The lowest BCUT2D eigenvalue weighted by Gasteiger charge is -2.07. The van der Waals surface area contributed by atoms with Gasteiger partial charge in [0.2, 0.25) is 0 Å². The van der Waals surface area contributed by atoms with Crippen molar-refractivity contribution in [1.29, 1.82) is 0 Å². The van der Waals surface area contributed by atoms with E-state index in [1.165, 1.54) is 0 Å². The molecule has 25 heavy (non-hydrogen) atoms. The number of anilines is 1. The molecule has 0 aliphatic rings. The van der Waals surface area contributed by atoms with Crippen LogP contribution in [0.15, 0.2) is 71.8 Å². The molecule has 2 aromatic carbocycles. The summed E-state index contributed by atoms with van der Waals surface area (Å²) >= 11 is 0. The van der Waals surface area contributed by atoms with E-state index in [1.807, 2.05) is 0 Å². The first-order chi connectivity index (χ1) is 11.9. The minimum absolute atomic E-state index is 0.165. The Kier molecular flexibility index (Phi) is 4.67. The van der Waals surface area contributed by atoms with Crippen molar-refractivity contribution in [2.45, 2.75) is 10.6 Å². The Morgan fingerprint density at radius 2 is 1.84 bits per heavy atom. The van der Waals surface area contributed by atoms with Crippen LogP contribution >= 0.6 is 0 Å². The molecular weight excluding hydrogens is 338 g/mol. The molecule has 0 bridgehead atoms. The van der Waals surface area contributed by atoms with Crippen LogP contribution in [0, 0.1) is 0 Å². The summed E-state index contributed by atoms with van der Waals surface area (Å²) in [6.45, 7) is 0. The number of benzene rings is 2. The number of amides is 1. The van der Waals surface area contributed by atoms with Crippen LogP contribution in [0.2, 0.25) is 0 Å². The first-order valence-corrected chi connectivity index (χ1v) is 9.27. The van der Waals surface area contributed by atoms with Crippen molar-refractivity contribution in [3.63, 3.8) is 0 Å². The van der Waals surface area contributed by atoms with Gasteiger partial charge in [-0.05, 0) is 29.8 Å². The quantitative estimate of drug-likeness (QED) is 0.763. The summed E-state index contributed by atoms with van der Waals surface area (Å²) in [5.41, 5.74) is 0.934. The van der Waals surface area contributed by atoms with Gasteiger partial charge in [0.25, 0.3) is 5.91 Å². The zero-order chi connectivity index (χ0) is 17.9. The lowest BCUT2D eigenvalue weighted by Crippen LogP contribution is -2.13. The number of carbonyl (C=O) groups excluding carboxylic acids is 1. The van der Waals surface area contributed by atoms with Crippen LogP contribution in [-0.4, -0.2) is 24.1 Å². The highest BCUT2D eigenvalue weighted by Gasteiger charge is 2.16. The van der Waals surface area contributed by atoms with E-state index in [0.717, 1.165) is 0 Å². The second-order valence-corrected chi connectivity index (χ2v) is 7.59. The Morgan fingerprint density at radius 1 is 1.08 bits per heavy atom. The summed E-state index contributed by atoms with van der Waals surface area (Å²) in [5, 5.41) is 6.77. The van der Waals surface area contributed by atoms with Gasteiger partial charge in [0.15, 0.2) is 15.7 Å². The number of aromatic nitrogens is 2. The molecule has 128 valence electrons. The fourth-order valence-corrected chi connectivity index (χ4v) is 3.76. The predicted molar refractivity (Wildman–Crippen MR) is 94.9 cm³/mol. The van der Waals surface area contributed by atoms with E-state index in [2.05, 4.69) is 10.4 Å². The molecule has 0 aliphatic carbocycles. The Hall–Kier alpha value is -2.93. The fourth-order valence-electron chi connectivity index (χ4n) is 2.40. The van der Waals surface area contributed by atoms with E-state index in [4.69, 9.17) is 0 Å². The van der Waals surface area contributed by atoms with E-state index in [1.54, 1.807) is 78.6 Å². The number of carbonyl (C=O) groups is 1. The van der Waals surface area contributed by atoms with Crippen LogP contribution in [-0.2, 0) is 22.6 Å². The number of hydrogen-bond acceptors (Lipinski definition) is 4. The SMILES string of the molecule is Cn1ccc(NC(=O)c2cccc(CS(=O)(=O)c3ccccc3)c2)n1. The smallest absolute Gasteiger partial charge is 0.256 e. The maximum absolute atomic E-state index is 12.5. The Balaban J connectivity index is 1.78. The second kappa shape index (κ2) is 6.90. The standard InChI is InChI=1S/C18H17N3O3S/c1-21-11-10-17(20-21)19-18(22)15-7-5-6-14(12-15)13-25(23,24)16-8-3-2-4-9-16/h2-12H,13H2,1H3,(H,19,20,22). The molecule has 0 aliphatic heterocycles. The zero-order valence-corrected chi connectivity index (χ0v) is 14.4. The molecule has 1 aromatic heterocycles. The second-order valence-electron chi connectivity index (χ2n) is 5.60. The number of rotatable bonds is 5. The van der Waals surface area contributed by atoms with Gasteiger partial charge in [0, 0.05) is 24.9 Å². The first kappa shape index (κ1) is 16.9. The Labute approximate surface area is 146 Å². The van der Waals surface area contributed by atoms with Crippen molar-refractivity contribution in [1.82, 2.24) is 9.78 Å². The molecule has 3 aromatic rings. The van der Waals surface area contributed by atoms with Crippen LogP contribution < -0.4 is 5.32 Å². The molecule has 0 atom stereocenters. The van der Waals surface area contributed by atoms with Crippen LogP contribution in [0.25, 0.3) is 0 Å². The summed E-state index contributed by atoms with van der Waals surface area (Å²) < 4.78 is 26.5. The molecule has 1 heterocycles. The molecule has 0 fully saturated rings. The molecule has 7 heteroatoms. The molecule has 0 saturated carbocycles. The molecule has 0 spiro atoms. The van der Waals surface area contributed by atoms with Gasteiger partial charge in [-0.2, -0.15) is 5.10 Å². The van der Waals surface area contributed by atoms with Gasteiger partial charge in [-0.1, -0.05) is 30.3 Å². The molecule has 1 N–H and O–H groups in total. The van der Waals surface area contributed by atoms with Gasteiger partial charge in [0.1, 0.15) is 0 Å². The van der Waals surface area contributed by atoms with Crippen molar-refractivity contribution in [2.75, 3.05) is 5.32 Å². The Morgan fingerprint density at radius 3 is 2.52 bits per heavy atom.